The van der Waals surface area contributed by atoms with Crippen molar-refractivity contribution in [1.82, 2.24) is 9.80 Å². The fraction of sp³-hybridized carbons (Fsp3) is 0.381. The van der Waals surface area contributed by atoms with Gasteiger partial charge >= 0.3 is 0 Å². The number of amides is 1. The van der Waals surface area contributed by atoms with Crippen LogP contribution in [0.4, 0.5) is 0 Å². The van der Waals surface area contributed by atoms with E-state index in [-0.39, 0.29) is 30.0 Å². The first kappa shape index (κ1) is 16.3. The number of hydrogen-bond acceptors (Lipinski definition) is 3. The molecule has 0 bridgehead atoms. The highest BCUT2D eigenvalue weighted by Gasteiger charge is 2.66. The molecular weight excluding hydrogens is 312 g/mol. The zero-order chi connectivity index (χ0) is 17.4. The molecule has 4 nitrogen and oxygen atoms in total. The van der Waals surface area contributed by atoms with Gasteiger partial charge in [0.1, 0.15) is 0 Å². The standard InChI is InChI=1S/C21H24N2O2/c1-16(25)23-19(13-24)20(18-10-6-3-7-11-18)21(23)14-22(15-21)12-17-8-4-2-5-9-17/h2-11,19-20,24H,12-15H2,1H3/t19-,20+/m0/s1. The second-order valence-electron chi connectivity index (χ2n) is 7.26. The summed E-state index contributed by atoms with van der Waals surface area (Å²) >= 11 is 0. The number of carbonyl (C=O) groups excluding carboxylic acids is 1. The number of nitrogens with zero attached hydrogens (tertiary/aromatic N) is 2. The summed E-state index contributed by atoms with van der Waals surface area (Å²) in [6.45, 7) is 4.25. The molecule has 130 valence electrons. The first-order valence-corrected chi connectivity index (χ1v) is 8.88. The van der Waals surface area contributed by atoms with Crippen LogP contribution in [0.2, 0.25) is 0 Å². The molecule has 0 saturated carbocycles. The molecule has 0 aliphatic carbocycles. The highest BCUT2D eigenvalue weighted by Crippen LogP contribution is 2.53. The predicted octanol–water partition coefficient (Wildman–Crippen LogP) is 2.25. The summed E-state index contributed by atoms with van der Waals surface area (Å²) in [5.41, 5.74) is 2.34. The summed E-state index contributed by atoms with van der Waals surface area (Å²) in [5, 5.41) is 9.88. The molecule has 0 aromatic heterocycles. The zero-order valence-electron chi connectivity index (χ0n) is 14.5. The molecule has 1 N–H and O–H groups in total. The number of aliphatic hydroxyl groups excluding tert-OH is 1. The Balaban J connectivity index is 1.56. The van der Waals surface area contributed by atoms with Crippen LogP contribution < -0.4 is 0 Å². The van der Waals surface area contributed by atoms with Gasteiger partial charge in [0.05, 0.1) is 18.2 Å². The van der Waals surface area contributed by atoms with E-state index in [0.717, 1.165) is 19.6 Å². The highest BCUT2D eigenvalue weighted by molar-refractivity contribution is 5.77. The third-order valence-corrected chi connectivity index (χ3v) is 5.70. The number of carbonyl (C=O) groups is 1. The van der Waals surface area contributed by atoms with Gasteiger partial charge in [0.25, 0.3) is 0 Å². The van der Waals surface area contributed by atoms with Crippen molar-refractivity contribution >= 4 is 5.91 Å². The van der Waals surface area contributed by atoms with Crippen molar-refractivity contribution in [1.29, 1.82) is 0 Å². The van der Waals surface area contributed by atoms with E-state index in [1.54, 1.807) is 6.92 Å². The second kappa shape index (κ2) is 6.28. The van der Waals surface area contributed by atoms with Crippen molar-refractivity contribution in [2.24, 2.45) is 0 Å². The number of benzene rings is 2. The largest absolute Gasteiger partial charge is 0.394 e. The van der Waals surface area contributed by atoms with Crippen LogP contribution in [0.15, 0.2) is 60.7 Å². The summed E-state index contributed by atoms with van der Waals surface area (Å²) < 4.78 is 0. The van der Waals surface area contributed by atoms with Crippen LogP contribution in [0.1, 0.15) is 24.0 Å². The number of likely N-dealkylation sites (tertiary alicyclic amines) is 2. The maximum atomic E-state index is 12.2. The third-order valence-electron chi connectivity index (χ3n) is 5.70. The topological polar surface area (TPSA) is 43.8 Å². The monoisotopic (exact) mass is 336 g/mol. The SMILES string of the molecule is CC(=O)N1[C@@H](CO)[C@@H](c2ccccc2)C12CN(Cc1ccccc1)C2. The molecule has 2 heterocycles. The van der Waals surface area contributed by atoms with Crippen molar-refractivity contribution < 1.29 is 9.90 Å². The van der Waals surface area contributed by atoms with Gasteiger partial charge < -0.3 is 10.0 Å². The summed E-state index contributed by atoms with van der Waals surface area (Å²) in [6, 6.07) is 20.6. The summed E-state index contributed by atoms with van der Waals surface area (Å²) in [7, 11) is 0. The Hall–Kier alpha value is -2.17. The molecule has 4 rings (SSSR count). The van der Waals surface area contributed by atoms with Crippen molar-refractivity contribution in [3.8, 4) is 0 Å². The average Bonchev–Trinajstić information content (AvgIpc) is 2.57. The van der Waals surface area contributed by atoms with Gasteiger partial charge in [-0.2, -0.15) is 0 Å². The van der Waals surface area contributed by atoms with E-state index in [1.807, 2.05) is 29.2 Å². The molecule has 2 aliphatic heterocycles. The second-order valence-corrected chi connectivity index (χ2v) is 7.26. The average molecular weight is 336 g/mol. The Morgan fingerprint density at radius 3 is 2.24 bits per heavy atom. The molecule has 2 atom stereocenters. The summed E-state index contributed by atoms with van der Waals surface area (Å²) in [4.78, 5) is 16.5. The van der Waals surface area contributed by atoms with Gasteiger partial charge in [-0.15, -0.1) is 0 Å². The quantitative estimate of drug-likeness (QED) is 0.931. The predicted molar refractivity (Wildman–Crippen MR) is 97.0 cm³/mol. The van der Waals surface area contributed by atoms with E-state index >= 15 is 0 Å². The molecule has 2 saturated heterocycles. The summed E-state index contributed by atoms with van der Waals surface area (Å²) in [6.07, 6.45) is 0. The Labute approximate surface area is 148 Å². The Kier molecular flexibility index (Phi) is 4.10. The lowest BCUT2D eigenvalue weighted by Gasteiger charge is -2.70. The molecule has 25 heavy (non-hydrogen) atoms. The van der Waals surface area contributed by atoms with Crippen molar-refractivity contribution in [2.45, 2.75) is 31.0 Å². The fourth-order valence-electron chi connectivity index (χ4n) is 4.86. The van der Waals surface area contributed by atoms with E-state index in [2.05, 4.69) is 41.3 Å². The lowest BCUT2D eigenvalue weighted by molar-refractivity contribution is -0.199. The van der Waals surface area contributed by atoms with Crippen LogP contribution in [0.5, 0.6) is 0 Å². The lowest BCUT2D eigenvalue weighted by atomic mass is 9.60. The maximum Gasteiger partial charge on any atom is 0.220 e. The van der Waals surface area contributed by atoms with Gasteiger partial charge in [0, 0.05) is 32.5 Å². The number of hydrogen-bond donors (Lipinski definition) is 1. The molecule has 2 aromatic carbocycles. The Bertz CT molecular complexity index is 741. The minimum atomic E-state index is -0.171. The Morgan fingerprint density at radius 1 is 1.08 bits per heavy atom. The van der Waals surface area contributed by atoms with Crippen molar-refractivity contribution in [2.75, 3.05) is 19.7 Å². The molecule has 0 unspecified atom stereocenters. The zero-order valence-corrected chi connectivity index (χ0v) is 14.5. The minimum Gasteiger partial charge on any atom is -0.394 e. The van der Waals surface area contributed by atoms with Gasteiger partial charge in [-0.05, 0) is 11.1 Å². The van der Waals surface area contributed by atoms with E-state index in [1.165, 1.54) is 11.1 Å². The fourth-order valence-corrected chi connectivity index (χ4v) is 4.86. The van der Waals surface area contributed by atoms with Crippen LogP contribution >= 0.6 is 0 Å². The van der Waals surface area contributed by atoms with Crippen LogP contribution in [-0.4, -0.2) is 52.1 Å². The summed E-state index contributed by atoms with van der Waals surface area (Å²) in [5.74, 6) is 0.264. The van der Waals surface area contributed by atoms with Crippen molar-refractivity contribution in [3.05, 3.63) is 71.8 Å². The van der Waals surface area contributed by atoms with Gasteiger partial charge in [-0.1, -0.05) is 60.7 Å². The van der Waals surface area contributed by atoms with E-state index < -0.39 is 0 Å². The lowest BCUT2D eigenvalue weighted by Crippen LogP contribution is -2.85. The molecular formula is C21H24N2O2. The smallest absolute Gasteiger partial charge is 0.220 e. The van der Waals surface area contributed by atoms with Crippen LogP contribution in [0, 0.1) is 0 Å². The third kappa shape index (κ3) is 2.57. The van der Waals surface area contributed by atoms with Gasteiger partial charge in [-0.25, -0.2) is 0 Å². The van der Waals surface area contributed by atoms with Crippen LogP contribution in [-0.2, 0) is 11.3 Å². The van der Waals surface area contributed by atoms with E-state index in [9.17, 15) is 9.90 Å². The molecule has 1 spiro atoms. The minimum absolute atomic E-state index is 0.0135. The maximum absolute atomic E-state index is 12.2. The number of aliphatic hydroxyl groups is 1. The molecule has 2 aliphatic rings. The van der Waals surface area contributed by atoms with E-state index in [0.29, 0.717) is 0 Å². The molecule has 4 heteroatoms. The Morgan fingerprint density at radius 2 is 1.68 bits per heavy atom. The van der Waals surface area contributed by atoms with E-state index in [4.69, 9.17) is 0 Å². The molecule has 1 amide bonds. The first-order valence-electron chi connectivity index (χ1n) is 8.88. The molecule has 2 aromatic rings. The van der Waals surface area contributed by atoms with Gasteiger partial charge in [-0.3, -0.25) is 9.69 Å². The van der Waals surface area contributed by atoms with Gasteiger partial charge in [0.2, 0.25) is 5.91 Å². The van der Waals surface area contributed by atoms with Crippen LogP contribution in [0.3, 0.4) is 0 Å². The normalized spacial score (nSPS) is 24.6. The number of rotatable bonds is 4. The van der Waals surface area contributed by atoms with Crippen LogP contribution in [0.25, 0.3) is 0 Å². The highest BCUT2D eigenvalue weighted by atomic mass is 16.3. The first-order chi connectivity index (χ1) is 12.2. The molecule has 0 radical (unpaired) electrons. The molecule has 2 fully saturated rings. The van der Waals surface area contributed by atoms with Crippen molar-refractivity contribution in [3.63, 3.8) is 0 Å². The van der Waals surface area contributed by atoms with Gasteiger partial charge in [0.15, 0.2) is 0 Å².